The molecule has 0 saturated heterocycles. The smallest absolute Gasteiger partial charge is 0.322 e. The maximum Gasteiger partial charge on any atom is 0.322 e. The Kier molecular flexibility index (Phi) is 5.57. The molecule has 0 aliphatic rings. The van der Waals surface area contributed by atoms with Gasteiger partial charge in [-0.2, -0.15) is 0 Å². The molecule has 0 bridgehead atoms. The molecule has 0 aliphatic carbocycles. The van der Waals surface area contributed by atoms with Crippen molar-refractivity contribution >= 4 is 16.7 Å². The average molecular weight is 366 g/mol. The minimum atomic E-state index is -0.731. The van der Waals surface area contributed by atoms with Crippen LogP contribution in [0.1, 0.15) is 5.56 Å². The first-order chi connectivity index (χ1) is 13.1. The molecule has 6 heteroatoms. The van der Waals surface area contributed by atoms with Crippen LogP contribution >= 0.6 is 0 Å². The van der Waals surface area contributed by atoms with Gasteiger partial charge in [0.15, 0.2) is 0 Å². The van der Waals surface area contributed by atoms with Gasteiger partial charge in [0.2, 0.25) is 0 Å². The van der Waals surface area contributed by atoms with Gasteiger partial charge in [-0.05, 0) is 41.1 Å². The Morgan fingerprint density at radius 2 is 1.74 bits per heavy atom. The number of methoxy groups -OCH3 is 3. The summed E-state index contributed by atoms with van der Waals surface area (Å²) in [5, 5.41) is 1.89. The number of carbonyl (C=O) groups is 1. The number of rotatable bonds is 6. The van der Waals surface area contributed by atoms with E-state index in [0.717, 1.165) is 27.5 Å². The third kappa shape index (κ3) is 3.57. The molecule has 6 nitrogen and oxygen atoms in total. The molecule has 2 N–H and O–H groups in total. The van der Waals surface area contributed by atoms with Gasteiger partial charge in [-0.25, -0.2) is 0 Å². The first-order valence-electron chi connectivity index (χ1n) is 8.51. The van der Waals surface area contributed by atoms with Crippen LogP contribution in [-0.2, 0) is 16.0 Å². The van der Waals surface area contributed by atoms with Crippen LogP contribution in [0.5, 0.6) is 11.5 Å². The van der Waals surface area contributed by atoms with E-state index in [1.165, 1.54) is 7.11 Å². The van der Waals surface area contributed by atoms with Gasteiger partial charge in [0.25, 0.3) is 0 Å². The summed E-state index contributed by atoms with van der Waals surface area (Å²) in [6, 6.07) is 10.8. The fourth-order valence-electron chi connectivity index (χ4n) is 3.23. The van der Waals surface area contributed by atoms with Crippen LogP contribution in [-0.4, -0.2) is 38.3 Å². The van der Waals surface area contributed by atoms with Gasteiger partial charge in [-0.15, -0.1) is 0 Å². The number of fused-ring (bicyclic) bond motifs is 1. The van der Waals surface area contributed by atoms with Crippen LogP contribution in [0.3, 0.4) is 0 Å². The molecule has 0 fully saturated rings. The molecule has 0 aliphatic heterocycles. The van der Waals surface area contributed by atoms with E-state index in [0.29, 0.717) is 17.9 Å². The Labute approximate surface area is 157 Å². The van der Waals surface area contributed by atoms with Gasteiger partial charge in [-0.3, -0.25) is 9.78 Å². The lowest BCUT2D eigenvalue weighted by molar-refractivity contribution is -0.142. The highest BCUT2D eigenvalue weighted by atomic mass is 16.5. The maximum absolute atomic E-state index is 11.7. The van der Waals surface area contributed by atoms with Crippen LogP contribution in [0, 0.1) is 0 Å². The molecule has 140 valence electrons. The van der Waals surface area contributed by atoms with Crippen molar-refractivity contribution in [2.45, 2.75) is 12.5 Å². The second kappa shape index (κ2) is 8.05. The van der Waals surface area contributed by atoms with E-state index < -0.39 is 12.0 Å². The van der Waals surface area contributed by atoms with E-state index in [4.69, 9.17) is 19.9 Å². The Bertz CT molecular complexity index is 949. The number of benzene rings is 2. The number of pyridine rings is 1. The van der Waals surface area contributed by atoms with E-state index in [2.05, 4.69) is 4.98 Å². The third-order valence-electron chi connectivity index (χ3n) is 4.55. The molecule has 0 spiro atoms. The van der Waals surface area contributed by atoms with Gasteiger partial charge in [0, 0.05) is 17.8 Å². The van der Waals surface area contributed by atoms with Crippen molar-refractivity contribution in [2.75, 3.05) is 21.3 Å². The Morgan fingerprint density at radius 3 is 2.37 bits per heavy atom. The Balaban J connectivity index is 2.19. The highest BCUT2D eigenvalue weighted by molar-refractivity contribution is 6.01. The largest absolute Gasteiger partial charge is 0.496 e. The highest BCUT2D eigenvalue weighted by Crippen LogP contribution is 2.42. The monoisotopic (exact) mass is 366 g/mol. The summed E-state index contributed by atoms with van der Waals surface area (Å²) in [4.78, 5) is 16.0. The summed E-state index contributed by atoms with van der Waals surface area (Å²) in [5.41, 5.74) is 8.70. The van der Waals surface area contributed by atoms with E-state index in [1.807, 2.05) is 36.4 Å². The minimum Gasteiger partial charge on any atom is -0.496 e. The number of hydrogen-bond donors (Lipinski definition) is 1. The number of hydrogen-bond acceptors (Lipinski definition) is 6. The van der Waals surface area contributed by atoms with Crippen molar-refractivity contribution in [2.24, 2.45) is 5.73 Å². The zero-order valence-electron chi connectivity index (χ0n) is 15.6. The molecule has 0 amide bonds. The predicted molar refractivity (Wildman–Crippen MR) is 104 cm³/mol. The SMILES string of the molecule is COC(=O)C(N)Cc1ccc(-c2c(OC)cccc2OC)c2ccncc12. The number of carbonyl (C=O) groups excluding carboxylic acids is 1. The van der Waals surface area contributed by atoms with Crippen LogP contribution < -0.4 is 15.2 Å². The lowest BCUT2D eigenvalue weighted by Crippen LogP contribution is -2.33. The lowest BCUT2D eigenvalue weighted by atomic mass is 9.93. The van der Waals surface area contributed by atoms with Crippen LogP contribution in [0.25, 0.3) is 21.9 Å². The van der Waals surface area contributed by atoms with Crippen LogP contribution in [0.4, 0.5) is 0 Å². The van der Waals surface area contributed by atoms with Gasteiger partial charge in [0.1, 0.15) is 17.5 Å². The Hall–Kier alpha value is -3.12. The van der Waals surface area contributed by atoms with Gasteiger partial charge >= 0.3 is 5.97 Å². The molecule has 3 rings (SSSR count). The molecule has 3 aromatic rings. The van der Waals surface area contributed by atoms with Crippen molar-refractivity contribution in [3.63, 3.8) is 0 Å². The molecule has 1 atom stereocenters. The molecule has 1 aromatic heterocycles. The standard InChI is InChI=1S/C21H22N2O4/c1-25-18-5-4-6-19(26-2)20(18)15-8-7-13(11-17(22)21(24)27-3)16-12-23-10-9-14(15)16/h4-10,12,17H,11,22H2,1-3H3. The first kappa shape index (κ1) is 18.7. The molecule has 27 heavy (non-hydrogen) atoms. The maximum atomic E-state index is 11.7. The topological polar surface area (TPSA) is 83.7 Å². The summed E-state index contributed by atoms with van der Waals surface area (Å²) in [6.45, 7) is 0. The Morgan fingerprint density at radius 1 is 1.04 bits per heavy atom. The second-order valence-electron chi connectivity index (χ2n) is 6.06. The molecule has 0 saturated carbocycles. The fourth-order valence-corrected chi connectivity index (χ4v) is 3.23. The van der Waals surface area contributed by atoms with E-state index in [1.54, 1.807) is 26.6 Å². The normalized spacial score (nSPS) is 11.9. The van der Waals surface area contributed by atoms with Gasteiger partial charge < -0.3 is 19.9 Å². The van der Waals surface area contributed by atoms with Crippen molar-refractivity contribution in [3.05, 3.63) is 54.4 Å². The fraction of sp³-hybridized carbons (Fsp3) is 0.238. The summed E-state index contributed by atoms with van der Waals surface area (Å²) >= 11 is 0. The number of ether oxygens (including phenoxy) is 3. The van der Waals surface area contributed by atoms with Crippen LogP contribution in [0.15, 0.2) is 48.8 Å². The van der Waals surface area contributed by atoms with E-state index in [9.17, 15) is 4.79 Å². The van der Waals surface area contributed by atoms with Crippen molar-refractivity contribution < 1.29 is 19.0 Å². The summed E-state index contributed by atoms with van der Waals surface area (Å²) in [5.74, 6) is 0.987. The number of nitrogens with zero attached hydrogens (tertiary/aromatic N) is 1. The van der Waals surface area contributed by atoms with Crippen molar-refractivity contribution in [3.8, 4) is 22.6 Å². The molecular weight excluding hydrogens is 344 g/mol. The number of nitrogens with two attached hydrogens (primary N) is 1. The third-order valence-corrected chi connectivity index (χ3v) is 4.55. The summed E-state index contributed by atoms with van der Waals surface area (Å²) in [6.07, 6.45) is 3.87. The molecule has 2 aromatic carbocycles. The minimum absolute atomic E-state index is 0.359. The zero-order chi connectivity index (χ0) is 19.4. The summed E-state index contributed by atoms with van der Waals surface area (Å²) in [7, 11) is 4.59. The summed E-state index contributed by atoms with van der Waals surface area (Å²) < 4.78 is 15.8. The van der Waals surface area contributed by atoms with Crippen molar-refractivity contribution in [1.82, 2.24) is 4.98 Å². The van der Waals surface area contributed by atoms with Gasteiger partial charge in [0.05, 0.1) is 26.9 Å². The first-order valence-corrected chi connectivity index (χ1v) is 8.51. The lowest BCUT2D eigenvalue weighted by Gasteiger charge is -2.17. The second-order valence-corrected chi connectivity index (χ2v) is 6.06. The van der Waals surface area contributed by atoms with Crippen molar-refractivity contribution in [1.29, 1.82) is 0 Å². The van der Waals surface area contributed by atoms with E-state index >= 15 is 0 Å². The molecular formula is C21H22N2O4. The average Bonchev–Trinajstić information content (AvgIpc) is 2.72. The van der Waals surface area contributed by atoms with Crippen LogP contribution in [0.2, 0.25) is 0 Å². The molecule has 1 unspecified atom stereocenters. The predicted octanol–water partition coefficient (Wildman–Crippen LogP) is 2.96. The number of aromatic nitrogens is 1. The molecule has 1 heterocycles. The quantitative estimate of drug-likeness (QED) is 0.675. The molecule has 0 radical (unpaired) electrons. The number of esters is 1. The zero-order valence-corrected chi connectivity index (χ0v) is 15.6. The highest BCUT2D eigenvalue weighted by Gasteiger charge is 2.19. The van der Waals surface area contributed by atoms with Gasteiger partial charge in [-0.1, -0.05) is 18.2 Å². The van der Waals surface area contributed by atoms with E-state index in [-0.39, 0.29) is 0 Å².